The van der Waals surface area contributed by atoms with Crippen molar-refractivity contribution < 1.29 is 9.00 Å². The Morgan fingerprint density at radius 1 is 1.03 bits per heavy atom. The monoisotopic (exact) mass is 512 g/mol. The fraction of sp³-hybridized carbons (Fsp3) is 0.500. The van der Waals surface area contributed by atoms with Crippen molar-refractivity contribution in [3.05, 3.63) is 58.1 Å². The van der Waals surface area contributed by atoms with Gasteiger partial charge in [-0.05, 0) is 98.7 Å². The number of fused-ring (bicyclic) bond motifs is 2. The highest BCUT2D eigenvalue weighted by Gasteiger charge is 2.53. The van der Waals surface area contributed by atoms with Gasteiger partial charge in [-0.3, -0.25) is 4.79 Å². The summed E-state index contributed by atoms with van der Waals surface area (Å²) in [6.07, 6.45) is 11.0. The summed E-state index contributed by atoms with van der Waals surface area (Å²) < 4.78 is 17.0. The molecule has 1 atom stereocenters. The van der Waals surface area contributed by atoms with E-state index in [4.69, 9.17) is 0 Å². The molecule has 0 aromatic heterocycles. The number of nitrogens with one attached hydrogen (secondary N) is 1. The molecule has 1 heterocycles. The Labute approximate surface area is 200 Å². The summed E-state index contributed by atoms with van der Waals surface area (Å²) in [4.78, 5) is 16.4. The van der Waals surface area contributed by atoms with Crippen molar-refractivity contribution in [3.8, 4) is 0 Å². The number of amides is 1. The second-order valence-electron chi connectivity index (χ2n) is 10.4. The predicted octanol–water partition coefficient (Wildman–Crippen LogP) is 5.87. The SMILES string of the molecule is O=C(c1cccc(S(=O)NC2CCC2)c1)N1CC2(CCC3(CC3)CC2)c2cc(Br)ccc21. The molecule has 3 fully saturated rings. The zero-order chi connectivity index (χ0) is 21.9. The zero-order valence-electron chi connectivity index (χ0n) is 18.2. The van der Waals surface area contributed by atoms with E-state index in [1.807, 2.05) is 35.2 Å². The van der Waals surface area contributed by atoms with Gasteiger partial charge in [0.15, 0.2) is 0 Å². The van der Waals surface area contributed by atoms with Crippen LogP contribution >= 0.6 is 15.9 Å². The second-order valence-corrected chi connectivity index (χ2v) is 12.5. The normalized spacial score (nSPS) is 23.7. The smallest absolute Gasteiger partial charge is 0.258 e. The number of benzene rings is 2. The Morgan fingerprint density at radius 2 is 1.78 bits per heavy atom. The van der Waals surface area contributed by atoms with Crippen molar-refractivity contribution in [2.45, 2.75) is 74.1 Å². The van der Waals surface area contributed by atoms with Gasteiger partial charge >= 0.3 is 0 Å². The molecule has 6 rings (SSSR count). The summed E-state index contributed by atoms with van der Waals surface area (Å²) in [6, 6.07) is 14.1. The van der Waals surface area contributed by atoms with Crippen molar-refractivity contribution in [3.63, 3.8) is 0 Å². The minimum atomic E-state index is -1.28. The van der Waals surface area contributed by atoms with Crippen LogP contribution in [0, 0.1) is 5.41 Å². The Kier molecular flexibility index (Phi) is 5.12. The van der Waals surface area contributed by atoms with E-state index in [0.717, 1.165) is 42.4 Å². The molecule has 1 amide bonds. The van der Waals surface area contributed by atoms with Crippen LogP contribution in [0.25, 0.3) is 0 Å². The summed E-state index contributed by atoms with van der Waals surface area (Å²) in [7, 11) is -1.28. The summed E-state index contributed by atoms with van der Waals surface area (Å²) in [5.41, 5.74) is 3.66. The summed E-state index contributed by atoms with van der Waals surface area (Å²) in [5.74, 6) is 0.0136. The highest BCUT2D eigenvalue weighted by molar-refractivity contribution is 9.10. The predicted molar refractivity (Wildman–Crippen MR) is 131 cm³/mol. The largest absolute Gasteiger partial charge is 0.307 e. The number of halogens is 1. The molecule has 3 saturated carbocycles. The Hall–Kier alpha value is -1.50. The molecule has 2 aromatic rings. The number of rotatable bonds is 4. The van der Waals surface area contributed by atoms with E-state index in [9.17, 15) is 9.00 Å². The van der Waals surface area contributed by atoms with Gasteiger partial charge in [0, 0.05) is 33.7 Å². The molecule has 3 aliphatic carbocycles. The molecular weight excluding hydrogens is 484 g/mol. The molecule has 4 nitrogen and oxygen atoms in total. The number of anilines is 1. The Morgan fingerprint density at radius 3 is 2.47 bits per heavy atom. The quantitative estimate of drug-likeness (QED) is 0.556. The van der Waals surface area contributed by atoms with E-state index >= 15 is 0 Å². The van der Waals surface area contributed by atoms with Gasteiger partial charge in [0.2, 0.25) is 0 Å². The number of hydrogen-bond donors (Lipinski definition) is 1. The highest BCUT2D eigenvalue weighted by Crippen LogP contribution is 2.62. The lowest BCUT2D eigenvalue weighted by Crippen LogP contribution is -2.40. The van der Waals surface area contributed by atoms with Gasteiger partial charge in [0.25, 0.3) is 5.91 Å². The molecular formula is C26H29BrN2O2S. The van der Waals surface area contributed by atoms with E-state index in [2.05, 4.69) is 32.8 Å². The molecule has 2 spiro atoms. The van der Waals surface area contributed by atoms with Crippen molar-refractivity contribution in [1.29, 1.82) is 0 Å². The fourth-order valence-electron chi connectivity index (χ4n) is 5.83. The molecule has 4 aliphatic rings. The Bertz CT molecular complexity index is 1100. The van der Waals surface area contributed by atoms with E-state index in [1.54, 1.807) is 0 Å². The topological polar surface area (TPSA) is 49.4 Å². The lowest BCUT2D eigenvalue weighted by Gasteiger charge is -2.38. The van der Waals surface area contributed by atoms with Gasteiger partial charge in [-0.1, -0.05) is 28.4 Å². The second kappa shape index (κ2) is 7.78. The van der Waals surface area contributed by atoms with Crippen molar-refractivity contribution >= 4 is 38.5 Å². The van der Waals surface area contributed by atoms with Crippen LogP contribution in [0.2, 0.25) is 0 Å². The maximum absolute atomic E-state index is 13.7. The Balaban J connectivity index is 1.28. The molecule has 6 heteroatoms. The zero-order valence-corrected chi connectivity index (χ0v) is 20.6. The first kappa shape index (κ1) is 21.1. The van der Waals surface area contributed by atoms with E-state index in [0.29, 0.717) is 21.9 Å². The van der Waals surface area contributed by atoms with Gasteiger partial charge in [-0.25, -0.2) is 8.93 Å². The number of nitrogens with zero attached hydrogens (tertiary/aromatic N) is 1. The first-order valence-electron chi connectivity index (χ1n) is 11.9. The van der Waals surface area contributed by atoms with E-state index in [1.165, 1.54) is 37.7 Å². The molecule has 0 saturated heterocycles. The molecule has 1 aliphatic heterocycles. The molecule has 0 radical (unpaired) electrons. The summed E-state index contributed by atoms with van der Waals surface area (Å²) in [6.45, 7) is 0.751. The van der Waals surface area contributed by atoms with Crippen LogP contribution in [0.15, 0.2) is 51.8 Å². The van der Waals surface area contributed by atoms with Crippen molar-refractivity contribution in [2.75, 3.05) is 11.4 Å². The first-order chi connectivity index (χ1) is 15.5. The van der Waals surface area contributed by atoms with Gasteiger partial charge < -0.3 is 4.90 Å². The molecule has 2 aromatic carbocycles. The van der Waals surface area contributed by atoms with Gasteiger partial charge in [0.1, 0.15) is 11.0 Å². The molecule has 0 bridgehead atoms. The molecule has 1 unspecified atom stereocenters. The van der Waals surface area contributed by atoms with Gasteiger partial charge in [0.05, 0.1) is 4.90 Å². The molecule has 168 valence electrons. The van der Waals surface area contributed by atoms with Gasteiger partial charge in [-0.2, -0.15) is 0 Å². The number of hydrogen-bond acceptors (Lipinski definition) is 2. The third-order valence-corrected chi connectivity index (χ3v) is 10.1. The van der Waals surface area contributed by atoms with Crippen LogP contribution in [0.5, 0.6) is 0 Å². The van der Waals surface area contributed by atoms with Crippen LogP contribution in [0.4, 0.5) is 5.69 Å². The van der Waals surface area contributed by atoms with Crippen LogP contribution in [0.3, 0.4) is 0 Å². The van der Waals surface area contributed by atoms with Crippen LogP contribution in [-0.4, -0.2) is 22.7 Å². The fourth-order valence-corrected chi connectivity index (χ4v) is 7.30. The number of carbonyl (C=O) groups is 1. The van der Waals surface area contributed by atoms with Gasteiger partial charge in [-0.15, -0.1) is 0 Å². The minimum Gasteiger partial charge on any atom is -0.307 e. The lowest BCUT2D eigenvalue weighted by atomic mass is 9.66. The van der Waals surface area contributed by atoms with Crippen molar-refractivity contribution in [2.24, 2.45) is 5.41 Å². The minimum absolute atomic E-state index is 0.0136. The average molecular weight is 514 g/mol. The highest BCUT2D eigenvalue weighted by atomic mass is 79.9. The maximum atomic E-state index is 13.7. The molecule has 1 N–H and O–H groups in total. The standard InChI is InChI=1S/C26H29BrN2O2S/c27-19-7-8-23-22(16-19)26(13-11-25(9-10-25)12-14-26)17-29(23)24(30)18-3-1-6-21(15-18)32(31)28-20-4-2-5-20/h1,3,6-8,15-16,20,28H,2,4-5,9-14,17H2. The van der Waals surface area contributed by atoms with Crippen LogP contribution in [0.1, 0.15) is 73.7 Å². The molecule has 32 heavy (non-hydrogen) atoms. The summed E-state index contributed by atoms with van der Waals surface area (Å²) >= 11 is 3.66. The first-order valence-corrected chi connectivity index (χ1v) is 13.8. The third kappa shape index (κ3) is 3.59. The number of carbonyl (C=O) groups excluding carboxylic acids is 1. The summed E-state index contributed by atoms with van der Waals surface area (Å²) in [5, 5.41) is 0. The van der Waals surface area contributed by atoms with Crippen molar-refractivity contribution in [1.82, 2.24) is 4.72 Å². The van der Waals surface area contributed by atoms with E-state index < -0.39 is 11.0 Å². The lowest BCUT2D eigenvalue weighted by molar-refractivity contribution is 0.0980. The maximum Gasteiger partial charge on any atom is 0.258 e. The third-order valence-electron chi connectivity index (χ3n) is 8.43. The average Bonchev–Trinajstić information content (AvgIpc) is 3.48. The van der Waals surface area contributed by atoms with E-state index in [-0.39, 0.29) is 11.3 Å². The van der Waals surface area contributed by atoms with Crippen LogP contribution < -0.4 is 9.62 Å². The van der Waals surface area contributed by atoms with Crippen LogP contribution in [-0.2, 0) is 16.4 Å².